The number of aromatic nitrogens is 1. The lowest BCUT2D eigenvalue weighted by Crippen LogP contribution is -2.50. The molecule has 1 fully saturated rings. The van der Waals surface area contributed by atoms with Gasteiger partial charge in [-0.1, -0.05) is 31.2 Å². The number of hydrogen-bond acceptors (Lipinski definition) is 6. The fraction of sp³-hybridized carbons (Fsp3) is 0.435. The molecule has 2 aromatic rings. The first-order valence-electron chi connectivity index (χ1n) is 10.7. The standard InChI is InChI=1S/C23H31N5O3/c1-3-27-11-13-28(14-12-27)20(18-8-6-10-24-15-18)17-26-23(30)22(29)25-16-19-7-4-5-9-21(19)31-2/h4-10,15,20H,3,11-14,16-17H2,1-2H3,(H,25,29)(H,26,30)/t20-/m1/s1. The number of amides is 2. The molecule has 1 aromatic carbocycles. The third-order valence-electron chi connectivity index (χ3n) is 5.66. The highest BCUT2D eigenvalue weighted by molar-refractivity contribution is 6.35. The minimum atomic E-state index is -0.661. The van der Waals surface area contributed by atoms with E-state index in [-0.39, 0.29) is 12.6 Å². The van der Waals surface area contributed by atoms with Gasteiger partial charge in [0.1, 0.15) is 5.75 Å². The average Bonchev–Trinajstić information content (AvgIpc) is 2.83. The molecule has 0 spiro atoms. The molecule has 8 nitrogen and oxygen atoms in total. The van der Waals surface area contributed by atoms with Gasteiger partial charge in [0, 0.05) is 57.2 Å². The lowest BCUT2D eigenvalue weighted by molar-refractivity contribution is -0.139. The zero-order chi connectivity index (χ0) is 22.1. The van der Waals surface area contributed by atoms with E-state index < -0.39 is 11.8 Å². The van der Waals surface area contributed by atoms with Crippen LogP contribution in [0.25, 0.3) is 0 Å². The third kappa shape index (κ3) is 6.26. The number of hydrogen-bond donors (Lipinski definition) is 2. The van der Waals surface area contributed by atoms with Gasteiger partial charge in [0.15, 0.2) is 0 Å². The summed E-state index contributed by atoms with van der Waals surface area (Å²) in [6.45, 7) is 7.56. The summed E-state index contributed by atoms with van der Waals surface area (Å²) in [6, 6.07) is 11.3. The number of benzene rings is 1. The van der Waals surface area contributed by atoms with Crippen molar-refractivity contribution in [1.29, 1.82) is 0 Å². The molecule has 2 heterocycles. The van der Waals surface area contributed by atoms with Gasteiger partial charge < -0.3 is 20.3 Å². The molecule has 3 rings (SSSR count). The number of carbonyl (C=O) groups is 2. The van der Waals surface area contributed by atoms with Crippen molar-refractivity contribution < 1.29 is 14.3 Å². The van der Waals surface area contributed by atoms with E-state index in [2.05, 4.69) is 32.3 Å². The predicted octanol–water partition coefficient (Wildman–Crippen LogP) is 1.20. The van der Waals surface area contributed by atoms with E-state index in [0.717, 1.165) is 43.9 Å². The summed E-state index contributed by atoms with van der Waals surface area (Å²) in [7, 11) is 1.58. The van der Waals surface area contributed by atoms with Gasteiger partial charge in [-0.15, -0.1) is 0 Å². The van der Waals surface area contributed by atoms with Gasteiger partial charge in [0.25, 0.3) is 0 Å². The van der Waals surface area contributed by atoms with Gasteiger partial charge in [-0.3, -0.25) is 19.5 Å². The van der Waals surface area contributed by atoms with Crippen molar-refractivity contribution in [2.24, 2.45) is 0 Å². The van der Waals surface area contributed by atoms with Crippen molar-refractivity contribution in [3.05, 3.63) is 59.9 Å². The van der Waals surface area contributed by atoms with Crippen molar-refractivity contribution >= 4 is 11.8 Å². The van der Waals surface area contributed by atoms with E-state index >= 15 is 0 Å². The van der Waals surface area contributed by atoms with Crippen molar-refractivity contribution in [3.63, 3.8) is 0 Å². The Morgan fingerprint density at radius 1 is 1.06 bits per heavy atom. The van der Waals surface area contributed by atoms with Crippen molar-refractivity contribution in [3.8, 4) is 5.75 Å². The molecule has 31 heavy (non-hydrogen) atoms. The first-order chi connectivity index (χ1) is 15.1. The number of nitrogens with one attached hydrogen (secondary N) is 2. The van der Waals surface area contributed by atoms with Crippen LogP contribution >= 0.6 is 0 Å². The van der Waals surface area contributed by atoms with E-state index in [9.17, 15) is 9.59 Å². The number of likely N-dealkylation sites (N-methyl/N-ethyl adjacent to an activating group) is 1. The van der Waals surface area contributed by atoms with Gasteiger partial charge >= 0.3 is 11.8 Å². The van der Waals surface area contributed by atoms with Crippen LogP contribution in [0.15, 0.2) is 48.8 Å². The maximum Gasteiger partial charge on any atom is 0.309 e. The van der Waals surface area contributed by atoms with E-state index in [4.69, 9.17) is 4.74 Å². The van der Waals surface area contributed by atoms with Crippen LogP contribution in [-0.2, 0) is 16.1 Å². The van der Waals surface area contributed by atoms with Gasteiger partial charge in [-0.2, -0.15) is 0 Å². The Hall–Kier alpha value is -2.97. The molecule has 1 aromatic heterocycles. The van der Waals surface area contributed by atoms with Crippen molar-refractivity contribution in [2.45, 2.75) is 19.5 Å². The summed E-state index contributed by atoms with van der Waals surface area (Å²) < 4.78 is 5.28. The molecule has 2 amide bonds. The average molecular weight is 426 g/mol. The van der Waals surface area contributed by atoms with Gasteiger partial charge in [-0.25, -0.2) is 0 Å². The highest BCUT2D eigenvalue weighted by Crippen LogP contribution is 2.21. The molecular formula is C23H31N5O3. The van der Waals surface area contributed by atoms with Crippen LogP contribution in [-0.4, -0.2) is 73.0 Å². The Balaban J connectivity index is 1.57. The minimum Gasteiger partial charge on any atom is -0.496 e. The number of piperazine rings is 1. The Kier molecular flexibility index (Phi) is 8.37. The molecular weight excluding hydrogens is 394 g/mol. The number of carbonyl (C=O) groups excluding carboxylic acids is 2. The van der Waals surface area contributed by atoms with E-state index in [1.165, 1.54) is 0 Å². The zero-order valence-corrected chi connectivity index (χ0v) is 18.2. The molecule has 1 saturated heterocycles. The molecule has 0 bridgehead atoms. The summed E-state index contributed by atoms with van der Waals surface area (Å²) >= 11 is 0. The highest BCUT2D eigenvalue weighted by atomic mass is 16.5. The second-order valence-corrected chi connectivity index (χ2v) is 7.48. The Morgan fingerprint density at radius 2 is 1.81 bits per heavy atom. The molecule has 1 aliphatic heterocycles. The molecule has 0 radical (unpaired) electrons. The molecule has 8 heteroatoms. The number of ether oxygens (including phenoxy) is 1. The summed E-state index contributed by atoms with van der Waals surface area (Å²) in [4.78, 5) is 33.7. The largest absolute Gasteiger partial charge is 0.496 e. The maximum atomic E-state index is 12.4. The second-order valence-electron chi connectivity index (χ2n) is 7.48. The normalized spacial score (nSPS) is 15.8. The predicted molar refractivity (Wildman–Crippen MR) is 119 cm³/mol. The lowest BCUT2D eigenvalue weighted by atomic mass is 10.1. The zero-order valence-electron chi connectivity index (χ0n) is 18.2. The fourth-order valence-corrected chi connectivity index (χ4v) is 3.80. The van der Waals surface area contributed by atoms with Crippen molar-refractivity contribution in [2.75, 3.05) is 46.4 Å². The fourth-order valence-electron chi connectivity index (χ4n) is 3.80. The van der Waals surface area contributed by atoms with Crippen LogP contribution in [0.3, 0.4) is 0 Å². The van der Waals surface area contributed by atoms with Gasteiger partial charge in [-0.05, 0) is 24.2 Å². The third-order valence-corrected chi connectivity index (χ3v) is 5.66. The molecule has 1 atom stereocenters. The number of nitrogens with zero attached hydrogens (tertiary/aromatic N) is 3. The Bertz CT molecular complexity index is 853. The first kappa shape index (κ1) is 22.7. The Morgan fingerprint density at radius 3 is 2.48 bits per heavy atom. The molecule has 0 aliphatic carbocycles. The number of methoxy groups -OCH3 is 1. The molecule has 1 aliphatic rings. The lowest BCUT2D eigenvalue weighted by Gasteiger charge is -2.39. The SMILES string of the molecule is CCN1CCN([C@H](CNC(=O)C(=O)NCc2ccccc2OC)c2cccnc2)CC1. The molecule has 0 unspecified atom stereocenters. The topological polar surface area (TPSA) is 86.8 Å². The quantitative estimate of drug-likeness (QED) is 0.618. The van der Waals surface area contributed by atoms with Crippen LogP contribution in [0, 0.1) is 0 Å². The second kappa shape index (κ2) is 11.4. The molecule has 166 valence electrons. The van der Waals surface area contributed by atoms with Gasteiger partial charge in [0.05, 0.1) is 13.2 Å². The maximum absolute atomic E-state index is 12.4. The Labute approximate surface area is 183 Å². The summed E-state index contributed by atoms with van der Waals surface area (Å²) in [5.41, 5.74) is 1.84. The summed E-state index contributed by atoms with van der Waals surface area (Å²) in [5.74, 6) is -0.631. The molecule has 2 N–H and O–H groups in total. The van der Waals surface area contributed by atoms with Crippen LogP contribution < -0.4 is 15.4 Å². The van der Waals surface area contributed by atoms with E-state index in [1.54, 1.807) is 13.3 Å². The van der Waals surface area contributed by atoms with Crippen molar-refractivity contribution in [1.82, 2.24) is 25.4 Å². The van der Waals surface area contributed by atoms with Gasteiger partial charge in [0.2, 0.25) is 0 Å². The van der Waals surface area contributed by atoms with Crippen LogP contribution in [0.2, 0.25) is 0 Å². The monoisotopic (exact) mass is 425 g/mol. The van der Waals surface area contributed by atoms with E-state index in [1.807, 2.05) is 42.6 Å². The molecule has 0 saturated carbocycles. The number of rotatable bonds is 8. The number of para-hydroxylation sites is 1. The minimum absolute atomic E-state index is 0.0290. The highest BCUT2D eigenvalue weighted by Gasteiger charge is 2.26. The summed E-state index contributed by atoms with van der Waals surface area (Å²) in [5, 5.41) is 5.47. The van der Waals surface area contributed by atoms with E-state index in [0.29, 0.717) is 12.3 Å². The van der Waals surface area contributed by atoms with Crippen LogP contribution in [0.1, 0.15) is 24.1 Å². The summed E-state index contributed by atoms with van der Waals surface area (Å²) in [6.07, 6.45) is 3.56. The van der Waals surface area contributed by atoms with Crippen LogP contribution in [0.5, 0.6) is 5.75 Å². The smallest absolute Gasteiger partial charge is 0.309 e. The number of pyridine rings is 1. The first-order valence-corrected chi connectivity index (χ1v) is 10.7. The van der Waals surface area contributed by atoms with Crippen LogP contribution in [0.4, 0.5) is 0 Å².